The first-order valence-corrected chi connectivity index (χ1v) is 5.61. The largest absolute Gasteiger partial charge is 0.495 e. The highest BCUT2D eigenvalue weighted by atomic mass is 16.5. The van der Waals surface area contributed by atoms with Crippen LogP contribution in [0.1, 0.15) is 16.1 Å². The highest BCUT2D eigenvalue weighted by Crippen LogP contribution is 2.25. The van der Waals surface area contributed by atoms with E-state index in [-0.39, 0.29) is 11.3 Å². The minimum Gasteiger partial charge on any atom is -0.495 e. The molecule has 98 valence electrons. The molecule has 0 aliphatic rings. The fourth-order valence-corrected chi connectivity index (χ4v) is 1.60. The predicted molar refractivity (Wildman–Crippen MR) is 70.5 cm³/mol. The lowest BCUT2D eigenvalue weighted by molar-refractivity contribution is 0.102. The summed E-state index contributed by atoms with van der Waals surface area (Å²) in [7, 11) is 1.52. The third kappa shape index (κ3) is 2.98. The van der Waals surface area contributed by atoms with Gasteiger partial charge >= 0.3 is 0 Å². The van der Waals surface area contributed by atoms with Crippen LogP contribution in [0, 0.1) is 6.92 Å². The second-order valence-electron chi connectivity index (χ2n) is 3.95. The number of benzene rings is 1. The quantitative estimate of drug-likeness (QED) is 0.871. The van der Waals surface area contributed by atoms with Gasteiger partial charge in [-0.3, -0.25) is 9.59 Å². The van der Waals surface area contributed by atoms with Gasteiger partial charge in [-0.1, -0.05) is 6.07 Å². The molecule has 0 atom stereocenters. The van der Waals surface area contributed by atoms with Gasteiger partial charge in [-0.2, -0.15) is 0 Å². The van der Waals surface area contributed by atoms with E-state index in [0.717, 1.165) is 11.6 Å². The minimum atomic E-state index is -0.463. The summed E-state index contributed by atoms with van der Waals surface area (Å²) in [6.45, 7) is 1.90. The normalized spacial score (nSPS) is 10.0. The lowest BCUT2D eigenvalue weighted by Crippen LogP contribution is -2.18. The van der Waals surface area contributed by atoms with E-state index in [1.54, 1.807) is 12.1 Å². The molecule has 0 radical (unpaired) electrons. The molecule has 0 bridgehead atoms. The zero-order valence-electron chi connectivity index (χ0n) is 10.6. The van der Waals surface area contributed by atoms with E-state index in [1.165, 1.54) is 13.4 Å². The molecular formula is C13H13N3O3. The number of rotatable bonds is 3. The van der Waals surface area contributed by atoms with E-state index in [2.05, 4.69) is 15.3 Å². The molecule has 19 heavy (non-hydrogen) atoms. The Balaban J connectivity index is 2.28. The number of hydrogen-bond donors (Lipinski definition) is 2. The van der Waals surface area contributed by atoms with Gasteiger partial charge in [-0.15, -0.1) is 0 Å². The van der Waals surface area contributed by atoms with Crippen molar-refractivity contribution < 1.29 is 9.53 Å². The molecule has 0 unspecified atom stereocenters. The molecule has 0 saturated heterocycles. The summed E-state index contributed by atoms with van der Waals surface area (Å²) in [4.78, 5) is 29.2. The Bertz CT molecular complexity index is 664. The zero-order valence-corrected chi connectivity index (χ0v) is 10.6. The molecule has 1 amide bonds. The SMILES string of the molecule is COc1ccc(C)cc1NC(=O)c1cc(=O)[nH]cn1. The smallest absolute Gasteiger partial charge is 0.274 e. The number of hydrogen-bond acceptors (Lipinski definition) is 4. The summed E-state index contributed by atoms with van der Waals surface area (Å²) in [6.07, 6.45) is 1.19. The average molecular weight is 259 g/mol. The van der Waals surface area contributed by atoms with Crippen LogP contribution >= 0.6 is 0 Å². The second-order valence-corrected chi connectivity index (χ2v) is 3.95. The number of H-pyrrole nitrogens is 1. The highest BCUT2D eigenvalue weighted by molar-refractivity contribution is 6.03. The van der Waals surface area contributed by atoms with Crippen molar-refractivity contribution in [3.05, 3.63) is 52.2 Å². The molecule has 0 aliphatic carbocycles. The number of aryl methyl sites for hydroxylation is 1. The number of aromatic nitrogens is 2. The molecule has 2 rings (SSSR count). The van der Waals surface area contributed by atoms with Crippen molar-refractivity contribution in [3.63, 3.8) is 0 Å². The van der Waals surface area contributed by atoms with Crippen molar-refractivity contribution in [3.8, 4) is 5.75 Å². The first-order chi connectivity index (χ1) is 9.10. The maximum atomic E-state index is 12.0. The lowest BCUT2D eigenvalue weighted by Gasteiger charge is -2.10. The third-order valence-corrected chi connectivity index (χ3v) is 2.51. The van der Waals surface area contributed by atoms with E-state index in [0.29, 0.717) is 11.4 Å². The minimum absolute atomic E-state index is 0.0484. The van der Waals surface area contributed by atoms with Crippen LogP contribution in [0.25, 0.3) is 0 Å². The van der Waals surface area contributed by atoms with Crippen LogP contribution in [0.5, 0.6) is 5.75 Å². The second kappa shape index (κ2) is 5.34. The van der Waals surface area contributed by atoms with Gasteiger partial charge in [0.05, 0.1) is 19.1 Å². The summed E-state index contributed by atoms with van der Waals surface area (Å²) in [5.74, 6) is 0.0822. The maximum absolute atomic E-state index is 12.0. The number of anilines is 1. The molecule has 6 nitrogen and oxygen atoms in total. The van der Waals surface area contributed by atoms with Crippen molar-refractivity contribution in [1.29, 1.82) is 0 Å². The standard InChI is InChI=1S/C13H13N3O3/c1-8-3-4-11(19-2)9(5-8)16-13(18)10-6-12(17)15-7-14-10/h3-7H,1-2H3,(H,16,18)(H,14,15,17). The number of ether oxygens (including phenoxy) is 1. The molecule has 2 aromatic rings. The number of aromatic amines is 1. The van der Waals surface area contributed by atoms with E-state index in [1.807, 2.05) is 13.0 Å². The Kier molecular flexibility index (Phi) is 3.61. The molecule has 1 aromatic carbocycles. The molecule has 0 aliphatic heterocycles. The molecule has 6 heteroatoms. The Labute approximate surface area is 109 Å². The summed E-state index contributed by atoms with van der Waals surface area (Å²) in [5, 5.41) is 2.67. The van der Waals surface area contributed by atoms with Gasteiger partial charge in [-0.25, -0.2) is 4.98 Å². The van der Waals surface area contributed by atoms with Crippen molar-refractivity contribution in [2.45, 2.75) is 6.92 Å². The van der Waals surface area contributed by atoms with Crippen molar-refractivity contribution >= 4 is 11.6 Å². The van der Waals surface area contributed by atoms with E-state index in [4.69, 9.17) is 4.74 Å². The number of carbonyl (C=O) groups is 1. The molecule has 1 aromatic heterocycles. The zero-order chi connectivity index (χ0) is 13.8. The van der Waals surface area contributed by atoms with Crippen LogP contribution in [-0.2, 0) is 0 Å². The van der Waals surface area contributed by atoms with Gasteiger partial charge in [0.1, 0.15) is 11.4 Å². The number of nitrogens with zero attached hydrogens (tertiary/aromatic N) is 1. The molecule has 1 heterocycles. The first kappa shape index (κ1) is 12.8. The number of carbonyl (C=O) groups excluding carboxylic acids is 1. The summed E-state index contributed by atoms with van der Waals surface area (Å²) in [5.41, 5.74) is 1.19. The van der Waals surface area contributed by atoms with Crippen LogP contribution in [0.4, 0.5) is 5.69 Å². The number of methoxy groups -OCH3 is 1. The Morgan fingerprint density at radius 1 is 1.37 bits per heavy atom. The van der Waals surface area contributed by atoms with Crippen LogP contribution in [0.2, 0.25) is 0 Å². The van der Waals surface area contributed by atoms with Gasteiger partial charge < -0.3 is 15.0 Å². The molecule has 0 saturated carbocycles. The topological polar surface area (TPSA) is 84.1 Å². The number of amides is 1. The van der Waals surface area contributed by atoms with Gasteiger partial charge in [0.25, 0.3) is 11.5 Å². The van der Waals surface area contributed by atoms with Crippen LogP contribution in [-0.4, -0.2) is 23.0 Å². The average Bonchev–Trinajstić information content (AvgIpc) is 2.39. The summed E-state index contributed by atoms with van der Waals surface area (Å²) in [6, 6.07) is 6.55. The van der Waals surface area contributed by atoms with E-state index in [9.17, 15) is 9.59 Å². The molecule has 2 N–H and O–H groups in total. The number of nitrogens with one attached hydrogen (secondary N) is 2. The predicted octanol–water partition coefficient (Wildman–Crippen LogP) is 1.34. The summed E-state index contributed by atoms with van der Waals surface area (Å²) < 4.78 is 5.16. The third-order valence-electron chi connectivity index (χ3n) is 2.51. The molecular weight excluding hydrogens is 246 g/mol. The fraction of sp³-hybridized carbons (Fsp3) is 0.154. The van der Waals surface area contributed by atoms with Gasteiger partial charge in [0, 0.05) is 6.07 Å². The summed E-state index contributed by atoms with van der Waals surface area (Å²) >= 11 is 0. The van der Waals surface area contributed by atoms with Crippen LogP contribution < -0.4 is 15.6 Å². The van der Waals surface area contributed by atoms with Gasteiger partial charge in [0.2, 0.25) is 0 Å². The van der Waals surface area contributed by atoms with Crippen molar-refractivity contribution in [1.82, 2.24) is 9.97 Å². The van der Waals surface area contributed by atoms with Gasteiger partial charge in [0.15, 0.2) is 0 Å². The van der Waals surface area contributed by atoms with Gasteiger partial charge in [-0.05, 0) is 24.6 Å². The lowest BCUT2D eigenvalue weighted by atomic mass is 10.2. The Morgan fingerprint density at radius 2 is 2.16 bits per heavy atom. The van der Waals surface area contributed by atoms with E-state index < -0.39 is 5.91 Å². The first-order valence-electron chi connectivity index (χ1n) is 5.61. The Hall–Kier alpha value is -2.63. The molecule has 0 spiro atoms. The van der Waals surface area contributed by atoms with E-state index >= 15 is 0 Å². The fourth-order valence-electron chi connectivity index (χ4n) is 1.60. The van der Waals surface area contributed by atoms with Crippen molar-refractivity contribution in [2.24, 2.45) is 0 Å². The highest BCUT2D eigenvalue weighted by Gasteiger charge is 2.11. The Morgan fingerprint density at radius 3 is 2.84 bits per heavy atom. The molecule has 0 fully saturated rings. The van der Waals surface area contributed by atoms with Crippen LogP contribution in [0.3, 0.4) is 0 Å². The van der Waals surface area contributed by atoms with Crippen LogP contribution in [0.15, 0.2) is 35.4 Å². The monoisotopic (exact) mass is 259 g/mol. The maximum Gasteiger partial charge on any atom is 0.274 e. The van der Waals surface area contributed by atoms with Crippen molar-refractivity contribution in [2.75, 3.05) is 12.4 Å².